The Morgan fingerprint density at radius 2 is 1.92 bits per heavy atom. The van der Waals surface area contributed by atoms with Gasteiger partial charge in [-0.2, -0.15) is 5.26 Å². The van der Waals surface area contributed by atoms with Crippen LogP contribution in [0.3, 0.4) is 0 Å². The summed E-state index contributed by atoms with van der Waals surface area (Å²) in [6.45, 7) is 2.15. The number of hydrogen-bond acceptors (Lipinski definition) is 8. The molecule has 1 aromatic heterocycles. The number of thiazole rings is 1. The molecule has 1 amide bonds. The molecule has 0 bridgehead atoms. The number of hydrogen-bond donors (Lipinski definition) is 0. The van der Waals surface area contributed by atoms with Gasteiger partial charge in [0.15, 0.2) is 29.8 Å². The van der Waals surface area contributed by atoms with Crippen molar-refractivity contribution in [3.63, 3.8) is 0 Å². The highest BCUT2D eigenvalue weighted by Crippen LogP contribution is 2.29. The van der Waals surface area contributed by atoms with E-state index in [1.807, 2.05) is 41.8 Å². The molecular formula is C29H31N3O5S. The van der Waals surface area contributed by atoms with Crippen LogP contribution in [-0.2, 0) is 14.3 Å². The van der Waals surface area contributed by atoms with Gasteiger partial charge in [0, 0.05) is 23.6 Å². The van der Waals surface area contributed by atoms with Crippen LogP contribution in [-0.4, -0.2) is 43.7 Å². The average Bonchev–Trinajstić information content (AvgIpc) is 3.44. The van der Waals surface area contributed by atoms with E-state index in [2.05, 4.69) is 11.9 Å². The molecule has 1 heterocycles. The normalized spacial score (nSPS) is 10.7. The van der Waals surface area contributed by atoms with E-state index >= 15 is 0 Å². The highest BCUT2D eigenvalue weighted by molar-refractivity contribution is 7.14. The van der Waals surface area contributed by atoms with E-state index in [0.29, 0.717) is 28.7 Å². The number of carbonyl (C=O) groups is 2. The number of esters is 1. The molecular weight excluding hydrogens is 502 g/mol. The van der Waals surface area contributed by atoms with Crippen LogP contribution in [0.4, 0.5) is 5.13 Å². The third kappa shape index (κ3) is 8.46. The van der Waals surface area contributed by atoms with Gasteiger partial charge in [-0.3, -0.25) is 9.69 Å². The number of benzene rings is 2. The molecule has 0 saturated carbocycles. The SMILES string of the molecule is CCCCCCN(C(=O)COC(=O)/C=C/c1ccc(OCC#N)c(OC)c1)c1nc(-c2ccccc2)cs1. The summed E-state index contributed by atoms with van der Waals surface area (Å²) in [6.07, 6.45) is 6.83. The van der Waals surface area contributed by atoms with Gasteiger partial charge < -0.3 is 14.2 Å². The number of anilines is 1. The third-order valence-electron chi connectivity index (χ3n) is 5.56. The molecule has 9 heteroatoms. The maximum atomic E-state index is 13.1. The highest BCUT2D eigenvalue weighted by atomic mass is 32.1. The number of methoxy groups -OCH3 is 1. The molecule has 3 rings (SSSR count). The van der Waals surface area contributed by atoms with Gasteiger partial charge in [-0.25, -0.2) is 9.78 Å². The summed E-state index contributed by atoms with van der Waals surface area (Å²) in [6, 6.07) is 16.7. The van der Waals surface area contributed by atoms with Crippen molar-refractivity contribution >= 4 is 34.4 Å². The Bertz CT molecular complexity index is 1270. The molecule has 3 aromatic rings. The molecule has 8 nitrogen and oxygen atoms in total. The van der Waals surface area contributed by atoms with Gasteiger partial charge in [0.25, 0.3) is 5.91 Å². The molecule has 0 aliphatic heterocycles. The Hall–Kier alpha value is -4.16. The third-order valence-corrected chi connectivity index (χ3v) is 6.42. The minimum atomic E-state index is -0.642. The van der Waals surface area contributed by atoms with Crippen molar-refractivity contribution in [2.45, 2.75) is 32.6 Å². The summed E-state index contributed by atoms with van der Waals surface area (Å²) >= 11 is 1.40. The molecule has 0 unspecified atom stereocenters. The zero-order valence-corrected chi connectivity index (χ0v) is 22.4. The Labute approximate surface area is 227 Å². The molecule has 0 atom stereocenters. The van der Waals surface area contributed by atoms with Crippen LogP contribution in [0.5, 0.6) is 11.5 Å². The van der Waals surface area contributed by atoms with Crippen LogP contribution in [0.2, 0.25) is 0 Å². The lowest BCUT2D eigenvalue weighted by Gasteiger charge is -2.19. The zero-order valence-electron chi connectivity index (χ0n) is 21.6. The fourth-order valence-corrected chi connectivity index (χ4v) is 4.47. The average molecular weight is 534 g/mol. The maximum Gasteiger partial charge on any atom is 0.331 e. The first-order chi connectivity index (χ1) is 18.5. The second kappa shape index (κ2) is 15.2. The van der Waals surface area contributed by atoms with Crippen molar-refractivity contribution in [2.24, 2.45) is 0 Å². The minimum absolute atomic E-state index is 0.101. The van der Waals surface area contributed by atoms with Crippen LogP contribution < -0.4 is 14.4 Å². The number of nitriles is 1. The second-order valence-corrected chi connectivity index (χ2v) is 9.12. The summed E-state index contributed by atoms with van der Waals surface area (Å²) in [5.74, 6) is -0.103. The van der Waals surface area contributed by atoms with Crippen molar-refractivity contribution in [3.05, 3.63) is 65.6 Å². The van der Waals surface area contributed by atoms with E-state index in [-0.39, 0.29) is 19.1 Å². The Morgan fingerprint density at radius 1 is 1.11 bits per heavy atom. The molecule has 38 heavy (non-hydrogen) atoms. The Kier molecular flexibility index (Phi) is 11.3. The van der Waals surface area contributed by atoms with Crippen molar-refractivity contribution in [1.82, 2.24) is 4.98 Å². The number of ether oxygens (including phenoxy) is 3. The van der Waals surface area contributed by atoms with Crippen molar-refractivity contribution in [3.8, 4) is 28.8 Å². The number of rotatable bonds is 14. The van der Waals surface area contributed by atoms with Crippen LogP contribution in [0.15, 0.2) is 60.0 Å². The van der Waals surface area contributed by atoms with E-state index in [9.17, 15) is 9.59 Å². The topological polar surface area (TPSA) is 102 Å². The predicted octanol–water partition coefficient (Wildman–Crippen LogP) is 5.89. The standard InChI is InChI=1S/C29H31N3O5S/c1-3-4-5-9-17-32(29-31-24(21-38-29)23-10-7-6-8-11-23)27(33)20-37-28(34)15-13-22-12-14-25(36-18-16-30)26(19-22)35-2/h6-8,10-15,19,21H,3-5,9,17-18,20H2,1-2H3/b15-13+. The lowest BCUT2D eigenvalue weighted by molar-refractivity contribution is -0.142. The quantitative estimate of drug-likeness (QED) is 0.145. The summed E-state index contributed by atoms with van der Waals surface area (Å²) in [5.41, 5.74) is 2.45. The van der Waals surface area contributed by atoms with Gasteiger partial charge in [0.05, 0.1) is 12.8 Å². The summed E-state index contributed by atoms with van der Waals surface area (Å²) in [5, 5.41) is 11.2. The van der Waals surface area contributed by atoms with Crippen molar-refractivity contribution < 1.29 is 23.8 Å². The summed E-state index contributed by atoms with van der Waals surface area (Å²) in [4.78, 5) is 31.7. The number of carbonyl (C=O) groups excluding carboxylic acids is 2. The molecule has 0 radical (unpaired) electrons. The smallest absolute Gasteiger partial charge is 0.331 e. The van der Waals surface area contributed by atoms with Crippen LogP contribution in [0.1, 0.15) is 38.2 Å². The van der Waals surface area contributed by atoms with E-state index < -0.39 is 5.97 Å². The Morgan fingerprint density at radius 3 is 2.66 bits per heavy atom. The first-order valence-electron chi connectivity index (χ1n) is 12.4. The number of aromatic nitrogens is 1. The lowest BCUT2D eigenvalue weighted by atomic mass is 10.2. The first kappa shape index (κ1) is 28.4. The number of nitrogens with zero attached hydrogens (tertiary/aromatic N) is 3. The fraction of sp³-hybridized carbons (Fsp3) is 0.310. The van der Waals surface area contributed by atoms with Gasteiger partial charge >= 0.3 is 5.97 Å². The lowest BCUT2D eigenvalue weighted by Crippen LogP contribution is -2.35. The number of amides is 1. The van der Waals surface area contributed by atoms with Gasteiger partial charge in [-0.15, -0.1) is 11.3 Å². The van der Waals surface area contributed by atoms with E-state index in [1.54, 1.807) is 29.2 Å². The van der Waals surface area contributed by atoms with E-state index in [0.717, 1.165) is 36.9 Å². The summed E-state index contributed by atoms with van der Waals surface area (Å²) < 4.78 is 15.8. The van der Waals surface area contributed by atoms with Gasteiger partial charge in [-0.05, 0) is 30.2 Å². The number of unbranched alkanes of at least 4 members (excludes halogenated alkanes) is 3. The molecule has 0 fully saturated rings. The monoisotopic (exact) mass is 533 g/mol. The van der Waals surface area contributed by atoms with Crippen molar-refractivity contribution in [1.29, 1.82) is 5.26 Å². The predicted molar refractivity (Wildman–Crippen MR) is 148 cm³/mol. The van der Waals surface area contributed by atoms with Gasteiger partial charge in [-0.1, -0.05) is 62.6 Å². The van der Waals surface area contributed by atoms with E-state index in [1.165, 1.54) is 24.5 Å². The van der Waals surface area contributed by atoms with Gasteiger partial charge in [0.1, 0.15) is 6.07 Å². The fourth-order valence-electron chi connectivity index (χ4n) is 3.59. The van der Waals surface area contributed by atoms with Crippen LogP contribution in [0.25, 0.3) is 17.3 Å². The van der Waals surface area contributed by atoms with E-state index in [4.69, 9.17) is 19.5 Å². The van der Waals surface area contributed by atoms with Crippen LogP contribution in [0, 0.1) is 11.3 Å². The Balaban J connectivity index is 1.63. The molecule has 2 aromatic carbocycles. The molecule has 0 saturated heterocycles. The van der Waals surface area contributed by atoms with Gasteiger partial charge in [0.2, 0.25) is 0 Å². The second-order valence-electron chi connectivity index (χ2n) is 8.29. The first-order valence-corrected chi connectivity index (χ1v) is 13.3. The molecule has 0 aliphatic rings. The largest absolute Gasteiger partial charge is 0.493 e. The highest BCUT2D eigenvalue weighted by Gasteiger charge is 2.20. The minimum Gasteiger partial charge on any atom is -0.493 e. The molecule has 0 N–H and O–H groups in total. The van der Waals surface area contributed by atoms with Crippen molar-refractivity contribution in [2.75, 3.05) is 31.8 Å². The van der Waals surface area contributed by atoms with Crippen LogP contribution >= 0.6 is 11.3 Å². The maximum absolute atomic E-state index is 13.1. The molecule has 0 spiro atoms. The summed E-state index contributed by atoms with van der Waals surface area (Å²) in [7, 11) is 1.49. The zero-order chi connectivity index (χ0) is 27.2. The molecule has 0 aliphatic carbocycles. The molecule has 198 valence electrons.